The first-order chi connectivity index (χ1) is 5.68. The maximum Gasteiger partial charge on any atom is 0.329 e. The van der Waals surface area contributed by atoms with E-state index >= 15 is 0 Å². The molecule has 1 rings (SSSR count). The van der Waals surface area contributed by atoms with E-state index in [0.29, 0.717) is 5.69 Å². The first-order valence-electron chi connectivity index (χ1n) is 3.49. The van der Waals surface area contributed by atoms with Crippen molar-refractivity contribution < 1.29 is 14.6 Å². The molecular formula is C7H11ClN2O3. The Morgan fingerprint density at radius 1 is 1.77 bits per heavy atom. The largest absolute Gasteiger partial charge is 0.480 e. The summed E-state index contributed by atoms with van der Waals surface area (Å²) >= 11 is 0. The van der Waals surface area contributed by atoms with Crippen LogP contribution < -0.4 is 0 Å². The van der Waals surface area contributed by atoms with Gasteiger partial charge in [-0.25, -0.2) is 9.78 Å². The van der Waals surface area contributed by atoms with Crippen LogP contribution >= 0.6 is 12.4 Å². The van der Waals surface area contributed by atoms with Gasteiger partial charge in [-0.3, -0.25) is 0 Å². The highest BCUT2D eigenvalue weighted by molar-refractivity contribution is 5.85. The fourth-order valence-electron chi connectivity index (χ4n) is 0.785. The molecule has 0 fully saturated rings. The number of aromatic nitrogens is 2. The molecule has 0 saturated heterocycles. The van der Waals surface area contributed by atoms with E-state index in [1.165, 1.54) is 0 Å². The van der Waals surface area contributed by atoms with Gasteiger partial charge < -0.3 is 14.8 Å². The van der Waals surface area contributed by atoms with Crippen molar-refractivity contribution in [1.82, 2.24) is 9.97 Å². The highest BCUT2D eigenvalue weighted by Gasteiger charge is 1.99. The van der Waals surface area contributed by atoms with Crippen LogP contribution in [0.2, 0.25) is 0 Å². The monoisotopic (exact) mass is 206 g/mol. The molecular weight excluding hydrogens is 196 g/mol. The molecule has 0 aliphatic rings. The molecule has 0 aliphatic carbocycles. The summed E-state index contributed by atoms with van der Waals surface area (Å²) in [5.41, 5.74) is 0.716. The Morgan fingerprint density at radius 2 is 2.46 bits per heavy atom. The second kappa shape index (κ2) is 5.55. The summed E-state index contributed by atoms with van der Waals surface area (Å²) in [7, 11) is 0. The number of hydrogen-bond acceptors (Lipinski definition) is 3. The number of carbonyl (C=O) groups is 1. The van der Waals surface area contributed by atoms with Gasteiger partial charge in [0.1, 0.15) is 12.4 Å². The molecule has 0 radical (unpaired) electrons. The van der Waals surface area contributed by atoms with Crippen LogP contribution in [0.25, 0.3) is 0 Å². The molecule has 1 heterocycles. The zero-order valence-corrected chi connectivity index (χ0v) is 7.93. The maximum absolute atomic E-state index is 10.0. The van der Waals surface area contributed by atoms with Crippen LogP contribution in [0.4, 0.5) is 0 Å². The fraction of sp³-hybridized carbons (Fsp3) is 0.429. The van der Waals surface area contributed by atoms with Crippen molar-refractivity contribution in [2.24, 2.45) is 0 Å². The van der Waals surface area contributed by atoms with E-state index in [0.717, 1.165) is 5.82 Å². The number of aromatic amines is 1. The number of aryl methyl sites for hydroxylation is 1. The molecule has 1 aromatic heterocycles. The van der Waals surface area contributed by atoms with Crippen molar-refractivity contribution in [3.05, 3.63) is 17.7 Å². The summed E-state index contributed by atoms with van der Waals surface area (Å²) in [5.74, 6) is -0.175. The predicted octanol–water partition coefficient (Wildman–Crippen LogP) is 0.741. The number of aliphatic carboxylic acids is 1. The van der Waals surface area contributed by atoms with Crippen LogP contribution in [-0.2, 0) is 16.1 Å². The van der Waals surface area contributed by atoms with E-state index in [9.17, 15) is 4.79 Å². The van der Waals surface area contributed by atoms with Gasteiger partial charge in [0, 0.05) is 6.20 Å². The summed E-state index contributed by atoms with van der Waals surface area (Å²) in [6.45, 7) is 1.77. The molecule has 0 aliphatic heterocycles. The second-order valence-corrected chi connectivity index (χ2v) is 2.36. The number of imidazole rings is 1. The summed E-state index contributed by atoms with van der Waals surface area (Å²) in [4.78, 5) is 16.9. The molecule has 6 heteroatoms. The fourth-order valence-corrected chi connectivity index (χ4v) is 0.785. The van der Waals surface area contributed by atoms with E-state index in [1.807, 2.05) is 6.92 Å². The van der Waals surface area contributed by atoms with E-state index in [2.05, 4.69) is 9.97 Å². The number of nitrogens with zero attached hydrogens (tertiary/aromatic N) is 1. The highest BCUT2D eigenvalue weighted by atomic mass is 35.5. The number of carboxylic acids is 1. The zero-order chi connectivity index (χ0) is 8.97. The maximum atomic E-state index is 10.0. The van der Waals surface area contributed by atoms with Crippen molar-refractivity contribution in [2.45, 2.75) is 13.5 Å². The van der Waals surface area contributed by atoms with Gasteiger partial charge >= 0.3 is 5.97 Å². The molecule has 74 valence electrons. The van der Waals surface area contributed by atoms with Gasteiger partial charge in [-0.05, 0) is 6.92 Å². The molecule has 0 spiro atoms. The van der Waals surface area contributed by atoms with Crippen LogP contribution in [0.5, 0.6) is 0 Å². The molecule has 0 aromatic carbocycles. The molecule has 13 heavy (non-hydrogen) atoms. The van der Waals surface area contributed by atoms with Gasteiger partial charge in [0.05, 0.1) is 12.3 Å². The van der Waals surface area contributed by atoms with Crippen LogP contribution in [0, 0.1) is 6.92 Å². The molecule has 5 nitrogen and oxygen atoms in total. The number of carboxylic acid groups (broad SMARTS) is 1. The topological polar surface area (TPSA) is 75.2 Å². The van der Waals surface area contributed by atoms with Crippen molar-refractivity contribution in [1.29, 1.82) is 0 Å². The Bertz CT molecular complexity index is 274. The normalized spacial score (nSPS) is 9.31. The number of rotatable bonds is 4. The predicted molar refractivity (Wildman–Crippen MR) is 47.9 cm³/mol. The molecule has 0 atom stereocenters. The third-order valence-electron chi connectivity index (χ3n) is 1.23. The quantitative estimate of drug-likeness (QED) is 0.762. The van der Waals surface area contributed by atoms with Crippen LogP contribution in [0.3, 0.4) is 0 Å². The third-order valence-corrected chi connectivity index (χ3v) is 1.23. The van der Waals surface area contributed by atoms with E-state index in [-0.39, 0.29) is 25.6 Å². The van der Waals surface area contributed by atoms with Gasteiger partial charge in [-0.15, -0.1) is 12.4 Å². The second-order valence-electron chi connectivity index (χ2n) is 2.36. The van der Waals surface area contributed by atoms with Crippen LogP contribution in [-0.4, -0.2) is 27.7 Å². The van der Waals surface area contributed by atoms with E-state index < -0.39 is 5.97 Å². The Labute approximate surface area is 81.5 Å². The standard InChI is InChI=1S/C7H10N2O3.ClH/c1-5-8-2-6(9-5)3-12-4-7(10)11;/h2H,3-4H2,1H3,(H,8,9)(H,10,11);1H. The first-order valence-corrected chi connectivity index (χ1v) is 3.49. The first kappa shape index (κ1) is 11.9. The number of halogens is 1. The Hall–Kier alpha value is -1.07. The zero-order valence-electron chi connectivity index (χ0n) is 7.11. The summed E-state index contributed by atoms with van der Waals surface area (Å²) in [6, 6.07) is 0. The molecule has 0 amide bonds. The van der Waals surface area contributed by atoms with Gasteiger partial charge in [0.2, 0.25) is 0 Å². The van der Waals surface area contributed by atoms with Crippen molar-refractivity contribution in [3.8, 4) is 0 Å². The van der Waals surface area contributed by atoms with Gasteiger partial charge in [-0.2, -0.15) is 0 Å². The van der Waals surface area contributed by atoms with Gasteiger partial charge in [-0.1, -0.05) is 0 Å². The lowest BCUT2D eigenvalue weighted by Gasteiger charge is -1.95. The number of nitrogens with one attached hydrogen (secondary N) is 1. The summed E-state index contributed by atoms with van der Waals surface area (Å²) in [6.07, 6.45) is 1.69. The molecule has 0 bridgehead atoms. The lowest BCUT2D eigenvalue weighted by Crippen LogP contribution is -2.06. The van der Waals surface area contributed by atoms with Crippen molar-refractivity contribution >= 4 is 18.4 Å². The Kier molecular flexibility index (Phi) is 5.10. The summed E-state index contributed by atoms with van der Waals surface area (Å²) < 4.78 is 4.81. The van der Waals surface area contributed by atoms with Crippen molar-refractivity contribution in [3.63, 3.8) is 0 Å². The SMILES string of the molecule is Cc1nc(COCC(=O)O)c[nH]1.Cl. The minimum Gasteiger partial charge on any atom is -0.480 e. The number of hydrogen-bond donors (Lipinski definition) is 2. The van der Waals surface area contributed by atoms with Gasteiger partial charge in [0.15, 0.2) is 0 Å². The average Bonchev–Trinajstić information content (AvgIpc) is 2.35. The average molecular weight is 207 g/mol. The highest BCUT2D eigenvalue weighted by Crippen LogP contribution is 1.97. The van der Waals surface area contributed by atoms with Crippen molar-refractivity contribution in [2.75, 3.05) is 6.61 Å². The summed E-state index contributed by atoms with van der Waals surface area (Å²) in [5, 5.41) is 8.24. The molecule has 2 N–H and O–H groups in total. The molecule has 0 saturated carbocycles. The Balaban J connectivity index is 0.00000144. The van der Waals surface area contributed by atoms with E-state index in [4.69, 9.17) is 9.84 Å². The lowest BCUT2D eigenvalue weighted by atomic mass is 10.5. The minimum atomic E-state index is -0.970. The molecule has 0 unspecified atom stereocenters. The lowest BCUT2D eigenvalue weighted by molar-refractivity contribution is -0.142. The number of H-pyrrole nitrogens is 1. The van der Waals surface area contributed by atoms with Gasteiger partial charge in [0.25, 0.3) is 0 Å². The van der Waals surface area contributed by atoms with Crippen LogP contribution in [0.15, 0.2) is 6.20 Å². The Morgan fingerprint density at radius 3 is 2.92 bits per heavy atom. The van der Waals surface area contributed by atoms with E-state index in [1.54, 1.807) is 6.20 Å². The number of ether oxygens (including phenoxy) is 1. The van der Waals surface area contributed by atoms with Crippen LogP contribution in [0.1, 0.15) is 11.5 Å². The molecule has 1 aromatic rings. The minimum absolute atomic E-state index is 0. The third kappa shape index (κ3) is 4.49. The smallest absolute Gasteiger partial charge is 0.329 e.